The molecule has 1 aliphatic heterocycles. The summed E-state index contributed by atoms with van der Waals surface area (Å²) in [4.78, 5) is 15.3. The standard InChI is InChI=1S/C20H29NO3/c1-2-21-14-8-13-18(21)15-24-19(22)20(23,17-11-6-7-12-17)16-9-4-3-5-10-16/h3-5,9-10,17-18,23H,2,6-8,11-15H2,1H3. The molecule has 2 atom stereocenters. The number of benzene rings is 1. The van der Waals surface area contributed by atoms with Gasteiger partial charge in [0.05, 0.1) is 0 Å². The molecule has 1 N–H and O–H groups in total. The third-order valence-corrected chi connectivity index (χ3v) is 5.78. The van der Waals surface area contributed by atoms with Crippen molar-refractivity contribution in [3.8, 4) is 0 Å². The van der Waals surface area contributed by atoms with Crippen LogP contribution in [0.5, 0.6) is 0 Å². The van der Waals surface area contributed by atoms with Crippen molar-refractivity contribution in [2.24, 2.45) is 5.92 Å². The Balaban J connectivity index is 1.74. The molecule has 1 heterocycles. The van der Waals surface area contributed by atoms with E-state index in [4.69, 9.17) is 4.74 Å². The second kappa shape index (κ2) is 7.66. The third kappa shape index (κ3) is 3.35. The fourth-order valence-corrected chi connectivity index (χ4v) is 4.34. The van der Waals surface area contributed by atoms with Crippen LogP contribution < -0.4 is 0 Å². The molecule has 2 fully saturated rings. The molecule has 0 amide bonds. The van der Waals surface area contributed by atoms with Crippen molar-refractivity contribution in [3.05, 3.63) is 35.9 Å². The minimum atomic E-state index is -1.51. The fourth-order valence-electron chi connectivity index (χ4n) is 4.34. The summed E-state index contributed by atoms with van der Waals surface area (Å²) >= 11 is 0. The molecule has 0 spiro atoms. The number of carbonyl (C=O) groups is 1. The highest BCUT2D eigenvalue weighted by molar-refractivity contribution is 5.81. The van der Waals surface area contributed by atoms with Crippen LogP contribution in [0.2, 0.25) is 0 Å². The Bertz CT molecular complexity index is 541. The van der Waals surface area contributed by atoms with Gasteiger partial charge in [-0.1, -0.05) is 50.1 Å². The van der Waals surface area contributed by atoms with Gasteiger partial charge in [-0.15, -0.1) is 0 Å². The predicted octanol–water partition coefficient (Wildman–Crippen LogP) is 3.09. The topological polar surface area (TPSA) is 49.8 Å². The number of hydrogen-bond acceptors (Lipinski definition) is 4. The number of ether oxygens (including phenoxy) is 1. The summed E-state index contributed by atoms with van der Waals surface area (Å²) in [6.45, 7) is 4.58. The lowest BCUT2D eigenvalue weighted by Crippen LogP contribution is -2.45. The maximum atomic E-state index is 12.9. The minimum Gasteiger partial charge on any atom is -0.462 e. The van der Waals surface area contributed by atoms with Gasteiger partial charge in [-0.2, -0.15) is 0 Å². The maximum absolute atomic E-state index is 12.9. The third-order valence-electron chi connectivity index (χ3n) is 5.78. The van der Waals surface area contributed by atoms with Gasteiger partial charge >= 0.3 is 5.97 Å². The number of carbonyl (C=O) groups excluding carboxylic acids is 1. The van der Waals surface area contributed by atoms with E-state index in [0.717, 1.165) is 51.6 Å². The highest BCUT2D eigenvalue weighted by Gasteiger charge is 2.48. The molecule has 24 heavy (non-hydrogen) atoms. The van der Waals surface area contributed by atoms with E-state index in [2.05, 4.69) is 11.8 Å². The van der Waals surface area contributed by atoms with Crippen LogP contribution in [0.15, 0.2) is 30.3 Å². The van der Waals surface area contributed by atoms with E-state index in [9.17, 15) is 9.90 Å². The van der Waals surface area contributed by atoms with E-state index in [1.54, 1.807) is 0 Å². The molecule has 4 heteroatoms. The molecular weight excluding hydrogens is 302 g/mol. The zero-order valence-electron chi connectivity index (χ0n) is 14.6. The van der Waals surface area contributed by atoms with Crippen molar-refractivity contribution in [2.45, 2.75) is 57.1 Å². The van der Waals surface area contributed by atoms with Crippen molar-refractivity contribution >= 4 is 5.97 Å². The minimum absolute atomic E-state index is 0.0433. The first-order chi connectivity index (χ1) is 11.7. The van der Waals surface area contributed by atoms with Crippen LogP contribution in [0, 0.1) is 5.92 Å². The van der Waals surface area contributed by atoms with Gasteiger partial charge in [0.15, 0.2) is 5.60 Å². The molecule has 2 aliphatic rings. The Kier molecular flexibility index (Phi) is 5.57. The van der Waals surface area contributed by atoms with E-state index in [-0.39, 0.29) is 5.92 Å². The van der Waals surface area contributed by atoms with E-state index in [0.29, 0.717) is 18.2 Å². The van der Waals surface area contributed by atoms with E-state index >= 15 is 0 Å². The summed E-state index contributed by atoms with van der Waals surface area (Å²) in [6, 6.07) is 9.63. The molecule has 1 saturated carbocycles. The number of rotatable bonds is 6. The summed E-state index contributed by atoms with van der Waals surface area (Å²) in [5.74, 6) is -0.512. The summed E-state index contributed by atoms with van der Waals surface area (Å²) in [7, 11) is 0. The van der Waals surface area contributed by atoms with Crippen molar-refractivity contribution in [3.63, 3.8) is 0 Å². The molecule has 1 saturated heterocycles. The van der Waals surface area contributed by atoms with Crippen molar-refractivity contribution in [1.82, 2.24) is 4.90 Å². The Labute approximate surface area is 144 Å². The van der Waals surface area contributed by atoms with Crippen molar-refractivity contribution in [2.75, 3.05) is 19.7 Å². The zero-order valence-corrected chi connectivity index (χ0v) is 14.6. The van der Waals surface area contributed by atoms with Gasteiger partial charge in [-0.05, 0) is 44.3 Å². The van der Waals surface area contributed by atoms with Crippen LogP contribution in [0.1, 0.15) is 51.0 Å². The van der Waals surface area contributed by atoms with Gasteiger partial charge < -0.3 is 9.84 Å². The molecule has 1 aromatic carbocycles. The highest BCUT2D eigenvalue weighted by Crippen LogP contribution is 2.41. The number of hydrogen-bond donors (Lipinski definition) is 1. The quantitative estimate of drug-likeness (QED) is 0.814. The lowest BCUT2D eigenvalue weighted by molar-refractivity contribution is -0.175. The molecule has 4 nitrogen and oxygen atoms in total. The highest BCUT2D eigenvalue weighted by atomic mass is 16.6. The summed E-state index contributed by atoms with van der Waals surface area (Å²) in [6.07, 6.45) is 6.12. The average Bonchev–Trinajstić information content (AvgIpc) is 3.31. The van der Waals surface area contributed by atoms with Crippen LogP contribution in [-0.2, 0) is 15.1 Å². The van der Waals surface area contributed by atoms with E-state index < -0.39 is 11.6 Å². The van der Waals surface area contributed by atoms with E-state index in [1.165, 1.54) is 0 Å². The maximum Gasteiger partial charge on any atom is 0.343 e. The SMILES string of the molecule is CCN1CCCC1COC(=O)C(O)(c1ccccc1)C1CCCC1. The van der Waals surface area contributed by atoms with Gasteiger partial charge in [0, 0.05) is 12.0 Å². The normalized spacial score (nSPS) is 24.8. The van der Waals surface area contributed by atoms with Crippen molar-refractivity contribution < 1.29 is 14.6 Å². The first-order valence-electron chi connectivity index (χ1n) is 9.35. The number of likely N-dealkylation sites (tertiary alicyclic amines) is 1. The van der Waals surface area contributed by atoms with Crippen LogP contribution >= 0.6 is 0 Å². The Hall–Kier alpha value is -1.39. The largest absolute Gasteiger partial charge is 0.462 e. The number of aliphatic hydroxyl groups is 1. The van der Waals surface area contributed by atoms with Crippen molar-refractivity contribution in [1.29, 1.82) is 0 Å². The average molecular weight is 331 g/mol. The monoisotopic (exact) mass is 331 g/mol. The first-order valence-corrected chi connectivity index (χ1v) is 9.35. The zero-order chi connectivity index (χ0) is 17.0. The summed E-state index contributed by atoms with van der Waals surface area (Å²) in [5, 5.41) is 11.4. The lowest BCUT2D eigenvalue weighted by atomic mass is 9.80. The first kappa shape index (κ1) is 17.4. The van der Waals surface area contributed by atoms with E-state index in [1.807, 2.05) is 30.3 Å². The van der Waals surface area contributed by atoms with Gasteiger partial charge in [0.1, 0.15) is 6.61 Å². The molecule has 0 aromatic heterocycles. The molecular formula is C20H29NO3. The molecule has 0 radical (unpaired) electrons. The molecule has 1 aliphatic carbocycles. The molecule has 1 aromatic rings. The van der Waals surface area contributed by atoms with Gasteiger partial charge in [-0.25, -0.2) is 4.79 Å². The number of nitrogens with zero attached hydrogens (tertiary/aromatic N) is 1. The number of esters is 1. The number of likely N-dealkylation sites (N-methyl/N-ethyl adjacent to an activating group) is 1. The van der Waals surface area contributed by atoms with Gasteiger partial charge in [-0.3, -0.25) is 4.90 Å². The second-order valence-electron chi connectivity index (χ2n) is 7.14. The molecule has 0 bridgehead atoms. The predicted molar refractivity (Wildman–Crippen MR) is 93.5 cm³/mol. The lowest BCUT2D eigenvalue weighted by Gasteiger charge is -2.33. The molecule has 3 rings (SSSR count). The van der Waals surface area contributed by atoms with Crippen LogP contribution in [0.25, 0.3) is 0 Å². The van der Waals surface area contributed by atoms with Crippen LogP contribution in [-0.4, -0.2) is 41.7 Å². The second-order valence-corrected chi connectivity index (χ2v) is 7.14. The van der Waals surface area contributed by atoms with Crippen LogP contribution in [0.3, 0.4) is 0 Å². The summed E-state index contributed by atoms with van der Waals surface area (Å²) < 4.78 is 5.66. The molecule has 2 unspecified atom stereocenters. The Morgan fingerprint density at radius 3 is 2.58 bits per heavy atom. The Morgan fingerprint density at radius 1 is 1.21 bits per heavy atom. The van der Waals surface area contributed by atoms with Gasteiger partial charge in [0.25, 0.3) is 0 Å². The Morgan fingerprint density at radius 2 is 1.92 bits per heavy atom. The molecule has 132 valence electrons. The van der Waals surface area contributed by atoms with Crippen LogP contribution in [0.4, 0.5) is 0 Å². The van der Waals surface area contributed by atoms with Gasteiger partial charge in [0.2, 0.25) is 0 Å². The smallest absolute Gasteiger partial charge is 0.343 e. The fraction of sp³-hybridized carbons (Fsp3) is 0.650. The summed E-state index contributed by atoms with van der Waals surface area (Å²) in [5.41, 5.74) is -0.839.